The van der Waals surface area contributed by atoms with Crippen molar-refractivity contribution < 1.29 is 10.5 Å². The van der Waals surface area contributed by atoms with E-state index in [0.717, 1.165) is 10.8 Å². The smallest absolute Gasteiger partial charge is 0.192 e. The van der Waals surface area contributed by atoms with E-state index in [1.165, 1.54) is 0 Å². The fraction of sp³-hybridized carbons (Fsp3) is 1.00. The van der Waals surface area contributed by atoms with Crippen molar-refractivity contribution in [2.24, 2.45) is 5.92 Å². The summed E-state index contributed by atoms with van der Waals surface area (Å²) in [4.78, 5) is 0. The number of hydrogen-bond acceptors (Lipinski definition) is 2. The van der Waals surface area contributed by atoms with Crippen LogP contribution >= 0.6 is 22.6 Å². The van der Waals surface area contributed by atoms with Crippen LogP contribution in [0.3, 0.4) is 0 Å². The average Bonchev–Trinajstić information content (AvgIpc) is 2.54. The van der Waals surface area contributed by atoms with Crippen molar-refractivity contribution in [3.8, 4) is 0 Å². The molecule has 0 bridgehead atoms. The van der Waals surface area contributed by atoms with Crippen LogP contribution in [0.1, 0.15) is 28.6 Å². The van der Waals surface area contributed by atoms with Crippen molar-refractivity contribution in [3.05, 3.63) is 0 Å². The van der Waals surface area contributed by atoms with Crippen LogP contribution in [-0.4, -0.2) is 32.0 Å². The minimum atomic E-state index is -1.68. The largest absolute Gasteiger partial charge is 0.414 e. The molecule has 0 spiro atoms. The van der Waals surface area contributed by atoms with Crippen molar-refractivity contribution in [2.75, 3.05) is 17.6 Å². The summed E-state index contributed by atoms with van der Waals surface area (Å²) in [6.07, 6.45) is 0.984. The number of ether oxygens (including phenoxy) is 1. The first-order valence-corrected chi connectivity index (χ1v) is 10.4. The van der Waals surface area contributed by atoms with Crippen LogP contribution in [0.25, 0.3) is 0 Å². The normalized spacial score (nSPS) is 32.9. The lowest BCUT2D eigenvalue weighted by Gasteiger charge is -2.37. The molecule has 1 heterocycles. The Bertz CT molecular complexity index is 255. The Morgan fingerprint density at radius 1 is 1.50 bits per heavy atom. The van der Waals surface area contributed by atoms with Crippen molar-refractivity contribution in [1.29, 1.82) is 0 Å². The highest BCUT2D eigenvalue weighted by atomic mass is 127. The third-order valence-corrected chi connectivity index (χ3v) is 9.44. The molecule has 3 atom stereocenters. The Labute approximate surface area is 116 Å². The van der Waals surface area contributed by atoms with Gasteiger partial charge in [-0.2, -0.15) is 0 Å². The van der Waals surface area contributed by atoms with Gasteiger partial charge in [-0.3, -0.25) is 0 Å². The fourth-order valence-corrected chi connectivity index (χ4v) is 3.35. The van der Waals surface area contributed by atoms with E-state index in [1.54, 1.807) is 0 Å². The van der Waals surface area contributed by atoms with Crippen LogP contribution in [0.4, 0.5) is 0 Å². The number of hydrogen-bond donors (Lipinski definition) is 0. The SMILES string of the molecule is [3H]C1C[C@H](CI)[C@@H](CO[Si](C)(C)C(C)(C)C)O1. The van der Waals surface area contributed by atoms with Crippen molar-refractivity contribution in [3.63, 3.8) is 0 Å². The molecule has 1 aliphatic rings. The van der Waals surface area contributed by atoms with Crippen LogP contribution < -0.4 is 0 Å². The molecule has 4 heteroatoms. The van der Waals surface area contributed by atoms with Crippen LogP contribution in [0.2, 0.25) is 18.1 Å². The van der Waals surface area contributed by atoms with Gasteiger partial charge in [0.2, 0.25) is 0 Å². The minimum Gasteiger partial charge on any atom is -0.414 e. The molecule has 0 aromatic rings. The maximum atomic E-state index is 7.68. The van der Waals surface area contributed by atoms with Crippen molar-refractivity contribution in [2.45, 2.75) is 51.4 Å². The summed E-state index contributed by atoms with van der Waals surface area (Å²) in [7, 11) is -1.68. The molecular weight excluding hydrogens is 331 g/mol. The first-order valence-electron chi connectivity index (χ1n) is 6.53. The lowest BCUT2D eigenvalue weighted by molar-refractivity contribution is 0.0482. The van der Waals surface area contributed by atoms with Gasteiger partial charge in [0.05, 0.1) is 14.1 Å². The van der Waals surface area contributed by atoms with E-state index in [4.69, 9.17) is 10.5 Å². The molecule has 1 saturated heterocycles. The molecule has 0 aromatic carbocycles. The van der Waals surface area contributed by atoms with E-state index in [9.17, 15) is 0 Å². The van der Waals surface area contributed by atoms with Gasteiger partial charge in [0, 0.05) is 11.0 Å². The van der Waals surface area contributed by atoms with Gasteiger partial charge in [0.15, 0.2) is 8.32 Å². The monoisotopic (exact) mass is 358 g/mol. The zero-order chi connectivity index (χ0) is 13.3. The van der Waals surface area contributed by atoms with Gasteiger partial charge >= 0.3 is 0 Å². The van der Waals surface area contributed by atoms with Gasteiger partial charge in [0.1, 0.15) is 0 Å². The van der Waals surface area contributed by atoms with Crippen molar-refractivity contribution in [1.82, 2.24) is 0 Å². The van der Waals surface area contributed by atoms with E-state index >= 15 is 0 Å². The second-order valence-electron chi connectivity index (χ2n) is 6.06. The van der Waals surface area contributed by atoms with Crippen LogP contribution in [0, 0.1) is 5.92 Å². The molecule has 2 nitrogen and oxygen atoms in total. The van der Waals surface area contributed by atoms with E-state index in [2.05, 4.69) is 56.5 Å². The topological polar surface area (TPSA) is 18.5 Å². The Kier molecular flexibility index (Phi) is 4.72. The number of halogens is 1. The molecule has 0 radical (unpaired) electrons. The standard InChI is InChI=1S/C12H25IO2Si/c1-12(2,3)16(4,5)15-9-11-10(8-13)6-7-14-11/h10-11H,6-9H2,1-5H3/t10-,11-/m1/s1/i7T/t7?,10-,11-. The van der Waals surface area contributed by atoms with E-state index < -0.39 is 8.32 Å². The molecule has 0 amide bonds. The average molecular weight is 358 g/mol. The molecule has 1 fully saturated rings. The van der Waals surface area contributed by atoms with Gasteiger partial charge in [-0.15, -0.1) is 0 Å². The zero-order valence-corrected chi connectivity index (χ0v) is 14.2. The minimum absolute atomic E-state index is 0.128. The summed E-state index contributed by atoms with van der Waals surface area (Å²) < 4.78 is 20.6. The molecule has 0 aromatic heterocycles. The molecule has 1 unspecified atom stereocenters. The number of alkyl halides is 1. The first-order chi connectivity index (χ1) is 7.67. The number of rotatable bonds is 4. The van der Waals surface area contributed by atoms with Crippen molar-refractivity contribution >= 4 is 30.9 Å². The quantitative estimate of drug-likeness (QED) is 0.432. The van der Waals surface area contributed by atoms with Gasteiger partial charge in [0.25, 0.3) is 0 Å². The lowest BCUT2D eigenvalue weighted by atomic mass is 10.1. The fourth-order valence-electron chi connectivity index (χ4n) is 1.41. The zero-order valence-electron chi connectivity index (χ0n) is 12.0. The molecule has 0 N–H and O–H groups in total. The highest BCUT2D eigenvalue weighted by Crippen LogP contribution is 2.37. The molecule has 0 saturated carbocycles. The summed E-state index contributed by atoms with van der Waals surface area (Å²) in [6.45, 7) is 11.6. The highest BCUT2D eigenvalue weighted by molar-refractivity contribution is 14.1. The maximum Gasteiger partial charge on any atom is 0.192 e. The lowest BCUT2D eigenvalue weighted by Crippen LogP contribution is -2.43. The summed E-state index contributed by atoms with van der Waals surface area (Å²) in [5.74, 6) is 0.489. The molecular formula is C12H25IO2Si. The summed E-state index contributed by atoms with van der Waals surface area (Å²) in [6, 6.07) is 0. The van der Waals surface area contributed by atoms with Crippen LogP contribution in [0.15, 0.2) is 0 Å². The summed E-state index contributed by atoms with van der Waals surface area (Å²) in [5, 5.41) is 0.242. The maximum absolute atomic E-state index is 7.68. The molecule has 16 heavy (non-hydrogen) atoms. The Morgan fingerprint density at radius 2 is 2.12 bits per heavy atom. The molecule has 1 rings (SSSR count). The third-order valence-electron chi connectivity index (χ3n) is 3.81. The second kappa shape index (κ2) is 5.67. The summed E-state index contributed by atoms with van der Waals surface area (Å²) >= 11 is 2.38. The summed E-state index contributed by atoms with van der Waals surface area (Å²) in [5.41, 5.74) is 0. The first kappa shape index (κ1) is 13.3. The van der Waals surface area contributed by atoms with E-state index in [1.807, 2.05) is 0 Å². The third kappa shape index (κ3) is 3.68. The van der Waals surface area contributed by atoms with Crippen LogP contribution in [-0.2, 0) is 9.16 Å². The predicted molar refractivity (Wildman–Crippen MR) is 79.9 cm³/mol. The van der Waals surface area contributed by atoms with Gasteiger partial charge in [-0.05, 0) is 30.5 Å². The Morgan fingerprint density at radius 3 is 2.62 bits per heavy atom. The molecule has 0 aliphatic carbocycles. The predicted octanol–water partition coefficient (Wildman–Crippen LogP) is 3.85. The second-order valence-corrected chi connectivity index (χ2v) is 11.8. The van der Waals surface area contributed by atoms with Crippen LogP contribution in [0.5, 0.6) is 0 Å². The van der Waals surface area contributed by atoms with Gasteiger partial charge in [-0.1, -0.05) is 43.4 Å². The van der Waals surface area contributed by atoms with E-state index in [0.29, 0.717) is 12.5 Å². The van der Waals surface area contributed by atoms with E-state index in [-0.39, 0.29) is 17.7 Å². The molecule has 1 aliphatic heterocycles. The highest BCUT2D eigenvalue weighted by Gasteiger charge is 2.39. The van der Waals surface area contributed by atoms with Gasteiger partial charge < -0.3 is 9.16 Å². The van der Waals surface area contributed by atoms with Gasteiger partial charge in [-0.25, -0.2) is 0 Å². The Balaban J connectivity index is 2.50. The Hall–Kier alpha value is 0.867. The molecule has 96 valence electrons.